The van der Waals surface area contributed by atoms with Gasteiger partial charge in [0, 0.05) is 43.3 Å². The molecule has 1 aliphatic rings. The van der Waals surface area contributed by atoms with Crippen molar-refractivity contribution in [1.82, 2.24) is 19.2 Å². The molecule has 1 fully saturated rings. The van der Waals surface area contributed by atoms with E-state index in [9.17, 15) is 21.6 Å². The molecule has 7 rings (SSSR count). The van der Waals surface area contributed by atoms with Crippen molar-refractivity contribution in [2.45, 2.75) is 41.8 Å². The second-order valence-electron chi connectivity index (χ2n) is 13.1. The number of amides is 1. The Labute approximate surface area is 303 Å². The Kier molecular flexibility index (Phi) is 10.0. The number of likely N-dealkylation sites (N-methyl/N-ethyl adjacent to an activating group) is 1. The Balaban J connectivity index is 1.14. The van der Waals surface area contributed by atoms with Crippen molar-refractivity contribution < 1.29 is 25.8 Å². The average Bonchev–Trinajstić information content (AvgIpc) is 3.17. The van der Waals surface area contributed by atoms with Crippen LogP contribution in [0.2, 0.25) is 0 Å². The summed E-state index contributed by atoms with van der Waals surface area (Å²) in [5.74, 6) is 0.177. The number of fused-ring (bicyclic) bond motifs is 2. The van der Waals surface area contributed by atoms with Gasteiger partial charge in [-0.05, 0) is 77.8 Å². The lowest BCUT2D eigenvalue weighted by atomic mass is 9.90. The number of hydrogen-bond donors (Lipinski definition) is 0. The third-order valence-corrected chi connectivity index (χ3v) is 12.7. The summed E-state index contributed by atoms with van der Waals surface area (Å²) in [6.07, 6.45) is 5.46. The molecule has 1 saturated heterocycles. The lowest BCUT2D eigenvalue weighted by Gasteiger charge is -2.36. The van der Waals surface area contributed by atoms with E-state index in [1.165, 1.54) is 37.1 Å². The third kappa shape index (κ3) is 7.41. The number of piperidine rings is 1. The van der Waals surface area contributed by atoms with Gasteiger partial charge in [-0.25, -0.2) is 18.4 Å². The minimum atomic E-state index is -4.28. The van der Waals surface area contributed by atoms with Crippen LogP contribution in [0.15, 0.2) is 138 Å². The summed E-state index contributed by atoms with van der Waals surface area (Å²) in [5.41, 5.74) is 1.88. The fourth-order valence-corrected chi connectivity index (χ4v) is 9.37. The molecule has 2 aromatic heterocycles. The molecule has 266 valence electrons. The van der Waals surface area contributed by atoms with E-state index in [0.717, 1.165) is 29.0 Å². The van der Waals surface area contributed by atoms with E-state index in [0.29, 0.717) is 40.7 Å². The van der Waals surface area contributed by atoms with Crippen molar-refractivity contribution in [2.24, 2.45) is 5.92 Å². The Morgan fingerprint density at radius 2 is 1.29 bits per heavy atom. The van der Waals surface area contributed by atoms with Gasteiger partial charge in [0.2, 0.25) is 10.9 Å². The molecule has 0 saturated carbocycles. The maximum Gasteiger partial charge on any atom is 0.357 e. The molecule has 1 unspecified atom stereocenters. The highest BCUT2D eigenvalue weighted by Crippen LogP contribution is 2.29. The Morgan fingerprint density at radius 1 is 0.731 bits per heavy atom. The van der Waals surface area contributed by atoms with Gasteiger partial charge in [0.1, 0.15) is 11.8 Å². The summed E-state index contributed by atoms with van der Waals surface area (Å²) in [6, 6.07) is 33.0. The van der Waals surface area contributed by atoms with E-state index in [-0.39, 0.29) is 28.1 Å². The van der Waals surface area contributed by atoms with E-state index in [4.69, 9.17) is 4.18 Å². The highest BCUT2D eigenvalue weighted by molar-refractivity contribution is 7.89. The minimum absolute atomic E-state index is 0.0428. The Hall–Kier alpha value is -5.17. The molecule has 6 aromatic rings. The molecule has 0 N–H and O–H groups in total. The van der Waals surface area contributed by atoms with E-state index >= 15 is 0 Å². The van der Waals surface area contributed by atoms with Gasteiger partial charge >= 0.3 is 10.1 Å². The standard InChI is InChI=1S/C40H38N4O6S2/c1-43(51(46,47)38-35-13-7-5-11-32(35)19-23-41-38)37(40(45)44-25-21-31(22-26-44)27-29-9-3-2-4-10-29)28-30-15-17-34(18-16-30)50-52(48,49)39-36-14-8-6-12-33(36)20-24-42-39/h2-20,23-24,31,37H,21-22,25-28H2,1H3. The van der Waals surface area contributed by atoms with Gasteiger partial charge < -0.3 is 9.08 Å². The smallest absolute Gasteiger partial charge is 0.357 e. The van der Waals surface area contributed by atoms with Crippen molar-refractivity contribution in [3.8, 4) is 5.75 Å². The summed E-state index contributed by atoms with van der Waals surface area (Å²) >= 11 is 0. The van der Waals surface area contributed by atoms with Crippen molar-refractivity contribution >= 4 is 47.6 Å². The molecule has 52 heavy (non-hydrogen) atoms. The first-order valence-electron chi connectivity index (χ1n) is 17.1. The zero-order valence-electron chi connectivity index (χ0n) is 28.6. The largest absolute Gasteiger partial charge is 0.378 e. The number of nitrogens with zero attached hydrogens (tertiary/aromatic N) is 4. The summed E-state index contributed by atoms with van der Waals surface area (Å²) in [6.45, 7) is 1.03. The molecule has 3 heterocycles. The summed E-state index contributed by atoms with van der Waals surface area (Å²) < 4.78 is 61.7. The van der Waals surface area contributed by atoms with E-state index in [1.54, 1.807) is 59.5 Å². The SMILES string of the molecule is CN(C(Cc1ccc(OS(=O)(=O)c2nccc3ccccc23)cc1)C(=O)N1CCC(Cc2ccccc2)CC1)S(=O)(=O)c1nccc2ccccc12. The Bertz CT molecular complexity index is 2420. The van der Waals surface area contributed by atoms with Crippen LogP contribution in [-0.2, 0) is 37.8 Å². The second kappa shape index (κ2) is 14.8. The van der Waals surface area contributed by atoms with Gasteiger partial charge in [-0.15, -0.1) is 0 Å². The number of benzene rings is 4. The predicted molar refractivity (Wildman–Crippen MR) is 200 cm³/mol. The summed E-state index contributed by atoms with van der Waals surface area (Å²) in [4.78, 5) is 24.5. The number of pyridine rings is 2. The van der Waals surface area contributed by atoms with Gasteiger partial charge in [-0.2, -0.15) is 12.7 Å². The Morgan fingerprint density at radius 3 is 1.92 bits per heavy atom. The highest BCUT2D eigenvalue weighted by Gasteiger charge is 2.38. The zero-order chi connectivity index (χ0) is 36.3. The number of carbonyl (C=O) groups excluding carboxylic acids is 1. The van der Waals surface area contributed by atoms with Gasteiger partial charge in [0.15, 0.2) is 5.03 Å². The molecule has 0 spiro atoms. The first kappa shape index (κ1) is 35.2. The normalized spacial score (nSPS) is 14.8. The number of likely N-dealkylation sites (tertiary alicyclic amines) is 1. The molecule has 0 radical (unpaired) electrons. The van der Waals surface area contributed by atoms with Crippen LogP contribution in [0.5, 0.6) is 5.75 Å². The van der Waals surface area contributed by atoms with Gasteiger partial charge in [-0.3, -0.25) is 4.79 Å². The maximum absolute atomic E-state index is 14.4. The lowest BCUT2D eigenvalue weighted by Crippen LogP contribution is -2.52. The van der Waals surface area contributed by atoms with Crippen molar-refractivity contribution in [2.75, 3.05) is 20.1 Å². The van der Waals surface area contributed by atoms with Gasteiger partial charge in [-0.1, -0.05) is 91.0 Å². The van der Waals surface area contributed by atoms with Crippen LogP contribution < -0.4 is 4.18 Å². The number of rotatable bonds is 11. The van der Waals surface area contributed by atoms with Crippen molar-refractivity contribution in [3.63, 3.8) is 0 Å². The molecule has 1 aliphatic heterocycles. The van der Waals surface area contributed by atoms with E-state index in [2.05, 4.69) is 22.1 Å². The van der Waals surface area contributed by atoms with Crippen LogP contribution in [0.4, 0.5) is 0 Å². The summed E-state index contributed by atoms with van der Waals surface area (Å²) in [5, 5.41) is 2.02. The minimum Gasteiger partial charge on any atom is -0.378 e. The van der Waals surface area contributed by atoms with Crippen LogP contribution in [0.25, 0.3) is 21.5 Å². The molecule has 10 nitrogen and oxygen atoms in total. The molecule has 1 amide bonds. The molecule has 1 atom stereocenters. The van der Waals surface area contributed by atoms with Gasteiger partial charge in [0.05, 0.1) is 0 Å². The molecule has 4 aromatic carbocycles. The fraction of sp³-hybridized carbons (Fsp3) is 0.225. The van der Waals surface area contributed by atoms with Crippen molar-refractivity contribution in [1.29, 1.82) is 0 Å². The lowest BCUT2D eigenvalue weighted by molar-refractivity contribution is -0.136. The van der Waals surface area contributed by atoms with Gasteiger partial charge in [0.25, 0.3) is 10.0 Å². The van der Waals surface area contributed by atoms with E-state index in [1.807, 2.05) is 36.4 Å². The molecular weight excluding hydrogens is 697 g/mol. The van der Waals surface area contributed by atoms with Crippen LogP contribution in [-0.4, -0.2) is 68.1 Å². The summed E-state index contributed by atoms with van der Waals surface area (Å²) in [7, 11) is -7.09. The fourth-order valence-electron chi connectivity index (χ4n) is 6.85. The highest BCUT2D eigenvalue weighted by atomic mass is 32.2. The monoisotopic (exact) mass is 734 g/mol. The molecule has 0 aliphatic carbocycles. The number of carbonyl (C=O) groups is 1. The predicted octanol–water partition coefficient (Wildman–Crippen LogP) is 6.26. The maximum atomic E-state index is 14.4. The molecule has 12 heteroatoms. The first-order chi connectivity index (χ1) is 25.1. The number of hydrogen-bond acceptors (Lipinski definition) is 8. The third-order valence-electron chi connectivity index (χ3n) is 9.71. The van der Waals surface area contributed by atoms with Crippen LogP contribution in [0.1, 0.15) is 24.0 Å². The van der Waals surface area contributed by atoms with E-state index < -0.39 is 26.2 Å². The first-order valence-corrected chi connectivity index (χ1v) is 20.0. The number of aromatic nitrogens is 2. The second-order valence-corrected chi connectivity index (χ2v) is 16.4. The average molecular weight is 735 g/mol. The molecular formula is C40H38N4O6S2. The molecule has 0 bridgehead atoms. The topological polar surface area (TPSA) is 127 Å². The van der Waals surface area contributed by atoms with Crippen LogP contribution in [0, 0.1) is 5.92 Å². The van der Waals surface area contributed by atoms with Crippen LogP contribution >= 0.6 is 0 Å². The number of sulfonamides is 1. The van der Waals surface area contributed by atoms with Crippen LogP contribution in [0.3, 0.4) is 0 Å². The quantitative estimate of drug-likeness (QED) is 0.143. The zero-order valence-corrected chi connectivity index (χ0v) is 30.2. The van der Waals surface area contributed by atoms with Crippen molar-refractivity contribution in [3.05, 3.63) is 139 Å².